The number of likely N-dealkylation sites (tertiary alicyclic amines) is 1. The van der Waals surface area contributed by atoms with E-state index in [2.05, 4.69) is 77.7 Å². The Morgan fingerprint density at radius 1 is 0.754 bits per heavy atom. The van der Waals surface area contributed by atoms with Crippen molar-refractivity contribution in [2.75, 3.05) is 26.8 Å². The lowest BCUT2D eigenvalue weighted by molar-refractivity contribution is -0.137. The van der Waals surface area contributed by atoms with Gasteiger partial charge in [-0.25, -0.2) is 14.8 Å². The van der Waals surface area contributed by atoms with Crippen LogP contribution in [0, 0.1) is 11.8 Å². The second kappa shape index (κ2) is 24.3. The minimum atomic E-state index is -0.636. The molecule has 0 aliphatic carbocycles. The van der Waals surface area contributed by atoms with Gasteiger partial charge in [-0.15, -0.1) is 0 Å². The van der Waals surface area contributed by atoms with Gasteiger partial charge in [0.2, 0.25) is 11.8 Å². The number of benzene rings is 2. The van der Waals surface area contributed by atoms with E-state index in [-0.39, 0.29) is 83.8 Å². The molecule has 2 aromatic carbocycles. The van der Waals surface area contributed by atoms with E-state index in [9.17, 15) is 14.4 Å². The Kier molecular flexibility index (Phi) is 20.6. The number of amides is 3. The third-order valence-corrected chi connectivity index (χ3v) is 12.2. The van der Waals surface area contributed by atoms with E-state index in [1.165, 1.54) is 7.11 Å². The standard InChI is InChI=1S/C45H59N7O5.4H2S/c1-29(2)30(3)43(53)51-24-11-14-38(51)41-46-27-36(47-41)33-20-16-31(17-21-33)32-18-22-34(23-19-32)40-37-28-57-26-10-8-6-5-7-9-13-35(49-45(55)56-4)44(54)52-25-12-15-39(52)42(48-37)50-40;;;;/h16-23,27,29-30,35,38-39H,5-15,24-26,28H2,1-4H3,(H,46,47)(H,48,50)(H,49,55);4*1H2/t30-,35-,38-,39-;;;;/m0..../s1. The smallest absolute Gasteiger partial charge is 0.407 e. The lowest BCUT2D eigenvalue weighted by Crippen LogP contribution is -2.48. The zero-order valence-electron chi connectivity index (χ0n) is 36.0. The number of imidazole rings is 2. The van der Waals surface area contributed by atoms with Crippen molar-refractivity contribution in [2.24, 2.45) is 11.8 Å². The molecule has 3 N–H and O–H groups in total. The SMILES string of the molecule is COC(=O)N[C@H]1CCCCCCCCOCc2[nH]c(nc2-c2ccc(-c3ccc(-c4cnc([C@@H]5CCCN5C(=O)[C@@H](C)C(C)C)[nH]4)cc3)cc2)[C@@H]2CCCN2C1=O.S.S.S.S. The maximum absolute atomic E-state index is 14.0. The average Bonchev–Trinajstić information content (AvgIpc) is 4.07. The molecule has 3 aliphatic rings. The van der Waals surface area contributed by atoms with Crippen molar-refractivity contribution in [1.29, 1.82) is 0 Å². The maximum Gasteiger partial charge on any atom is 0.407 e. The fourth-order valence-corrected chi connectivity index (χ4v) is 8.52. The number of nitrogens with one attached hydrogen (secondary N) is 3. The Balaban J connectivity index is 0.00000248. The monoisotopic (exact) mass is 913 g/mol. The lowest BCUT2D eigenvalue weighted by atomic mass is 9.96. The van der Waals surface area contributed by atoms with E-state index in [4.69, 9.17) is 19.4 Å². The predicted octanol–water partition coefficient (Wildman–Crippen LogP) is 9.19. The van der Waals surface area contributed by atoms with Gasteiger partial charge in [-0.05, 0) is 61.1 Å². The molecule has 3 aliphatic heterocycles. The number of aromatic nitrogens is 4. The zero-order valence-corrected chi connectivity index (χ0v) is 40.0. The molecule has 0 radical (unpaired) electrons. The average molecular weight is 914 g/mol. The van der Waals surface area contributed by atoms with Gasteiger partial charge in [-0.1, -0.05) is 101 Å². The van der Waals surface area contributed by atoms with Gasteiger partial charge in [0.05, 0.1) is 49.1 Å². The van der Waals surface area contributed by atoms with Crippen LogP contribution in [0.15, 0.2) is 54.7 Å². The number of ether oxygens (including phenoxy) is 2. The highest BCUT2D eigenvalue weighted by Gasteiger charge is 2.37. The predicted molar refractivity (Wildman–Crippen MR) is 261 cm³/mol. The number of H-pyrrole nitrogens is 2. The van der Waals surface area contributed by atoms with Crippen LogP contribution in [-0.2, 0) is 25.7 Å². The van der Waals surface area contributed by atoms with Crippen molar-refractivity contribution in [1.82, 2.24) is 35.1 Å². The van der Waals surface area contributed by atoms with Gasteiger partial charge >= 0.3 is 6.09 Å². The Bertz CT molecular complexity index is 1990. The fraction of sp³-hybridized carbons (Fsp3) is 0.533. The van der Waals surface area contributed by atoms with Crippen LogP contribution < -0.4 is 5.32 Å². The van der Waals surface area contributed by atoms with E-state index < -0.39 is 12.1 Å². The molecule has 16 heteroatoms. The van der Waals surface area contributed by atoms with Crippen molar-refractivity contribution < 1.29 is 23.9 Å². The van der Waals surface area contributed by atoms with Gasteiger partial charge in [0, 0.05) is 31.2 Å². The molecule has 0 saturated carbocycles. The molecule has 4 atom stereocenters. The normalized spacial score (nSPS) is 20.2. The van der Waals surface area contributed by atoms with Crippen LogP contribution in [-0.4, -0.2) is 80.5 Å². The Hall–Kier alpha value is -3.57. The Morgan fingerprint density at radius 3 is 2.03 bits per heavy atom. The highest BCUT2D eigenvalue weighted by atomic mass is 32.1. The summed E-state index contributed by atoms with van der Waals surface area (Å²) in [7, 11) is 1.33. The van der Waals surface area contributed by atoms with E-state index in [0.717, 1.165) is 122 Å². The Morgan fingerprint density at radius 2 is 1.36 bits per heavy atom. The van der Waals surface area contributed by atoms with E-state index in [1.807, 2.05) is 22.9 Å². The number of rotatable bonds is 7. The first-order valence-corrected chi connectivity index (χ1v) is 21.1. The lowest BCUT2D eigenvalue weighted by Gasteiger charge is -2.28. The summed E-state index contributed by atoms with van der Waals surface area (Å²) in [5, 5.41) is 2.81. The molecule has 336 valence electrons. The van der Waals surface area contributed by atoms with Crippen molar-refractivity contribution in [3.8, 4) is 33.6 Å². The molecule has 4 aromatic rings. The van der Waals surface area contributed by atoms with Gasteiger partial charge in [-0.2, -0.15) is 54.0 Å². The number of methoxy groups -OCH3 is 1. The first-order valence-electron chi connectivity index (χ1n) is 21.1. The number of fused-ring (bicyclic) bond motifs is 4. The van der Waals surface area contributed by atoms with Gasteiger partial charge in [0.15, 0.2) is 0 Å². The molecular weight excluding hydrogens is 847 g/mol. The van der Waals surface area contributed by atoms with Gasteiger partial charge in [-0.3, -0.25) is 9.59 Å². The van der Waals surface area contributed by atoms with Crippen LogP contribution in [0.25, 0.3) is 33.6 Å². The largest absolute Gasteiger partial charge is 0.453 e. The molecule has 7 rings (SSSR count). The fourth-order valence-electron chi connectivity index (χ4n) is 8.52. The highest BCUT2D eigenvalue weighted by Crippen LogP contribution is 2.36. The number of carbonyl (C=O) groups is 3. The maximum atomic E-state index is 14.0. The quantitative estimate of drug-likeness (QED) is 0.168. The summed E-state index contributed by atoms with van der Waals surface area (Å²) in [5.74, 6) is 2.00. The second-order valence-corrected chi connectivity index (χ2v) is 16.3. The molecule has 0 unspecified atom stereocenters. The van der Waals surface area contributed by atoms with Crippen LogP contribution in [0.5, 0.6) is 0 Å². The summed E-state index contributed by atoms with van der Waals surface area (Å²) in [6.45, 7) is 8.69. The van der Waals surface area contributed by atoms with Crippen molar-refractivity contribution >= 4 is 71.9 Å². The Labute approximate surface area is 389 Å². The topological polar surface area (TPSA) is 146 Å². The molecule has 2 aromatic heterocycles. The number of hydrogen-bond acceptors (Lipinski definition) is 7. The molecule has 3 amide bonds. The van der Waals surface area contributed by atoms with Crippen LogP contribution in [0.4, 0.5) is 4.79 Å². The van der Waals surface area contributed by atoms with E-state index in [1.54, 1.807) is 0 Å². The third kappa shape index (κ3) is 12.3. The summed E-state index contributed by atoms with van der Waals surface area (Å²) >= 11 is 0. The summed E-state index contributed by atoms with van der Waals surface area (Å²) in [4.78, 5) is 60.3. The van der Waals surface area contributed by atoms with Crippen molar-refractivity contribution in [2.45, 2.75) is 116 Å². The van der Waals surface area contributed by atoms with Crippen LogP contribution in [0.3, 0.4) is 0 Å². The van der Waals surface area contributed by atoms with Crippen LogP contribution in [0.1, 0.15) is 121 Å². The van der Waals surface area contributed by atoms with Gasteiger partial charge in [0.1, 0.15) is 17.7 Å². The number of hydrogen-bond donors (Lipinski definition) is 3. The third-order valence-electron chi connectivity index (χ3n) is 12.2. The molecule has 2 bridgehead atoms. The molecule has 12 nitrogen and oxygen atoms in total. The van der Waals surface area contributed by atoms with E-state index in [0.29, 0.717) is 32.1 Å². The molecule has 5 heterocycles. The van der Waals surface area contributed by atoms with Gasteiger partial charge in [0.25, 0.3) is 0 Å². The zero-order chi connectivity index (χ0) is 39.9. The number of aromatic amines is 2. The molecule has 2 fully saturated rings. The number of alkyl carbamates (subject to hydrolysis) is 1. The number of nitrogens with zero attached hydrogens (tertiary/aromatic N) is 4. The summed E-state index contributed by atoms with van der Waals surface area (Å²) in [6.07, 6.45) is 11.6. The first kappa shape index (κ1) is 51.8. The van der Waals surface area contributed by atoms with Crippen molar-refractivity contribution in [3.05, 3.63) is 72.1 Å². The van der Waals surface area contributed by atoms with E-state index >= 15 is 0 Å². The molecule has 61 heavy (non-hydrogen) atoms. The van der Waals surface area contributed by atoms with Crippen LogP contribution in [0.2, 0.25) is 0 Å². The molecule has 0 spiro atoms. The summed E-state index contributed by atoms with van der Waals surface area (Å²) < 4.78 is 11.1. The minimum Gasteiger partial charge on any atom is -0.453 e. The molecule has 2 saturated heterocycles. The first-order chi connectivity index (χ1) is 27.7. The molecular formula is C45H67N7O5S4. The summed E-state index contributed by atoms with van der Waals surface area (Å²) in [5.41, 5.74) is 6.85. The summed E-state index contributed by atoms with van der Waals surface area (Å²) in [6, 6.07) is 16.0. The minimum absolute atomic E-state index is 0. The second-order valence-electron chi connectivity index (χ2n) is 16.3. The van der Waals surface area contributed by atoms with Gasteiger partial charge < -0.3 is 34.6 Å². The van der Waals surface area contributed by atoms with Crippen LogP contribution >= 0.6 is 54.0 Å². The van der Waals surface area contributed by atoms with Crippen molar-refractivity contribution in [3.63, 3.8) is 0 Å². The highest BCUT2D eigenvalue weighted by molar-refractivity contribution is 7.59. The number of carbonyl (C=O) groups excluding carboxylic acids is 3.